The van der Waals surface area contributed by atoms with Gasteiger partial charge in [-0.2, -0.15) is 0 Å². The van der Waals surface area contributed by atoms with E-state index in [0.717, 1.165) is 40.9 Å². The summed E-state index contributed by atoms with van der Waals surface area (Å²) in [7, 11) is 1.65. The first kappa shape index (κ1) is 16.5. The topological polar surface area (TPSA) is 39.4 Å². The lowest BCUT2D eigenvalue weighted by molar-refractivity contribution is 0.415. The minimum Gasteiger partial charge on any atom is -0.497 e. The lowest BCUT2D eigenvalue weighted by Crippen LogP contribution is -1.91. The zero-order valence-corrected chi connectivity index (χ0v) is 14.7. The summed E-state index contributed by atoms with van der Waals surface area (Å²) in [6.45, 7) is -0.255. The van der Waals surface area contributed by atoms with Gasteiger partial charge in [-0.25, -0.2) is 9.97 Å². The molecule has 0 radical (unpaired) electrons. The number of aryl methyl sites for hydroxylation is 1. The van der Waals surface area contributed by atoms with Gasteiger partial charge in [-0.15, -0.1) is 0 Å². The van der Waals surface area contributed by atoms with Crippen molar-refractivity contribution in [2.75, 3.05) is 13.8 Å². The number of imidazole rings is 1. The quantitative estimate of drug-likeness (QED) is 0.467. The molecule has 0 fully saturated rings. The molecule has 0 N–H and O–H groups in total. The Morgan fingerprint density at radius 2 is 1.85 bits per heavy atom. The van der Waals surface area contributed by atoms with Crippen molar-refractivity contribution >= 4 is 16.8 Å². The van der Waals surface area contributed by atoms with Crippen molar-refractivity contribution < 1.29 is 9.13 Å². The molecule has 0 aliphatic carbocycles. The molecule has 0 unspecified atom stereocenters. The molecule has 0 amide bonds. The van der Waals surface area contributed by atoms with E-state index in [9.17, 15) is 4.39 Å². The number of hydrogen-bond donors (Lipinski definition) is 0. The Morgan fingerprint density at radius 3 is 2.62 bits per heavy atom. The molecular weight excluding hydrogens is 329 g/mol. The van der Waals surface area contributed by atoms with Crippen LogP contribution in [0.25, 0.3) is 28.1 Å². The molecule has 2 aromatic carbocycles. The van der Waals surface area contributed by atoms with Crippen LogP contribution in [0, 0.1) is 0 Å². The first-order valence-corrected chi connectivity index (χ1v) is 8.76. The van der Waals surface area contributed by atoms with E-state index in [1.54, 1.807) is 7.11 Å². The number of rotatable bonds is 6. The van der Waals surface area contributed by atoms with E-state index < -0.39 is 0 Å². The third kappa shape index (κ3) is 3.12. The molecular formula is C21H20FN3O. The third-order valence-corrected chi connectivity index (χ3v) is 4.57. The molecule has 4 aromatic rings. The fourth-order valence-electron chi connectivity index (χ4n) is 3.15. The molecule has 0 saturated heterocycles. The van der Waals surface area contributed by atoms with Gasteiger partial charge in [0.15, 0.2) is 0 Å². The minimum absolute atomic E-state index is 0.255. The number of halogens is 1. The van der Waals surface area contributed by atoms with Crippen LogP contribution in [-0.2, 0) is 6.42 Å². The van der Waals surface area contributed by atoms with Crippen LogP contribution >= 0.6 is 0 Å². The Hall–Kier alpha value is -2.95. The average molecular weight is 349 g/mol. The zero-order valence-electron chi connectivity index (χ0n) is 14.7. The molecule has 132 valence electrons. The van der Waals surface area contributed by atoms with Crippen molar-refractivity contribution in [2.45, 2.75) is 19.3 Å². The van der Waals surface area contributed by atoms with Crippen LogP contribution in [0.1, 0.15) is 18.4 Å². The van der Waals surface area contributed by atoms with Crippen LogP contribution in [0.2, 0.25) is 0 Å². The molecule has 0 bridgehead atoms. The first-order chi connectivity index (χ1) is 12.8. The van der Waals surface area contributed by atoms with Gasteiger partial charge in [0.2, 0.25) is 5.78 Å². The Kier molecular flexibility index (Phi) is 4.52. The summed E-state index contributed by atoms with van der Waals surface area (Å²) in [5.41, 5.74) is 5.03. The van der Waals surface area contributed by atoms with Crippen molar-refractivity contribution in [1.82, 2.24) is 14.4 Å². The number of aromatic nitrogens is 3. The fourth-order valence-corrected chi connectivity index (χ4v) is 3.15. The molecule has 2 heterocycles. The largest absolute Gasteiger partial charge is 0.497 e. The smallest absolute Gasteiger partial charge is 0.235 e. The number of ether oxygens (including phenoxy) is 1. The van der Waals surface area contributed by atoms with E-state index in [-0.39, 0.29) is 6.67 Å². The number of alkyl halides is 1. The van der Waals surface area contributed by atoms with Crippen molar-refractivity contribution in [2.24, 2.45) is 0 Å². The maximum atomic E-state index is 12.3. The number of benzene rings is 2. The highest BCUT2D eigenvalue weighted by atomic mass is 19.1. The Morgan fingerprint density at radius 1 is 1.00 bits per heavy atom. The molecule has 0 spiro atoms. The molecule has 0 atom stereocenters. The van der Waals surface area contributed by atoms with E-state index in [4.69, 9.17) is 9.72 Å². The van der Waals surface area contributed by atoms with E-state index in [0.29, 0.717) is 12.2 Å². The number of unbranched alkanes of at least 4 members (excludes halogenated alkanes) is 1. The molecule has 4 rings (SSSR count). The SMILES string of the molecule is COc1ccc(-c2ccn3c(n2)nc2cc(CCCCF)ccc23)cc1. The fraction of sp³-hybridized carbons (Fsp3) is 0.238. The minimum atomic E-state index is -0.255. The van der Waals surface area contributed by atoms with E-state index in [1.807, 2.05) is 40.9 Å². The van der Waals surface area contributed by atoms with E-state index in [1.165, 1.54) is 5.56 Å². The van der Waals surface area contributed by atoms with Gasteiger partial charge in [0, 0.05) is 11.8 Å². The number of fused-ring (bicyclic) bond motifs is 3. The molecule has 5 heteroatoms. The molecule has 0 saturated carbocycles. The number of nitrogens with zero attached hydrogens (tertiary/aromatic N) is 3. The van der Waals surface area contributed by atoms with Gasteiger partial charge in [-0.05, 0) is 67.3 Å². The summed E-state index contributed by atoms with van der Waals surface area (Å²) in [6.07, 6.45) is 4.34. The Balaban J connectivity index is 1.69. The predicted molar refractivity (Wildman–Crippen MR) is 101 cm³/mol. The van der Waals surface area contributed by atoms with Gasteiger partial charge >= 0.3 is 0 Å². The van der Waals surface area contributed by atoms with Crippen LogP contribution in [0.15, 0.2) is 54.7 Å². The average Bonchev–Trinajstić information content (AvgIpc) is 3.05. The predicted octanol–water partition coefficient (Wildman–Crippen LogP) is 4.85. The highest BCUT2D eigenvalue weighted by molar-refractivity contribution is 5.80. The molecule has 26 heavy (non-hydrogen) atoms. The summed E-state index contributed by atoms with van der Waals surface area (Å²) < 4.78 is 19.5. The van der Waals surface area contributed by atoms with Crippen LogP contribution in [-0.4, -0.2) is 28.2 Å². The van der Waals surface area contributed by atoms with Gasteiger partial charge in [-0.3, -0.25) is 8.79 Å². The van der Waals surface area contributed by atoms with Gasteiger partial charge in [0.05, 0.1) is 30.5 Å². The van der Waals surface area contributed by atoms with Crippen LogP contribution < -0.4 is 4.74 Å². The van der Waals surface area contributed by atoms with Crippen molar-refractivity contribution in [3.05, 3.63) is 60.3 Å². The lowest BCUT2D eigenvalue weighted by Gasteiger charge is -2.04. The van der Waals surface area contributed by atoms with Crippen molar-refractivity contribution in [1.29, 1.82) is 0 Å². The van der Waals surface area contributed by atoms with Crippen LogP contribution in [0.5, 0.6) is 5.75 Å². The molecule has 0 aliphatic rings. The number of methoxy groups -OCH3 is 1. The summed E-state index contributed by atoms with van der Waals surface area (Å²) in [6, 6.07) is 16.0. The van der Waals surface area contributed by atoms with Gasteiger partial charge < -0.3 is 4.74 Å². The monoisotopic (exact) mass is 349 g/mol. The summed E-state index contributed by atoms with van der Waals surface area (Å²) in [5.74, 6) is 1.50. The summed E-state index contributed by atoms with van der Waals surface area (Å²) in [5, 5.41) is 0. The maximum absolute atomic E-state index is 12.3. The highest BCUT2D eigenvalue weighted by Gasteiger charge is 2.08. The molecule has 2 aromatic heterocycles. The Bertz CT molecular complexity index is 1040. The van der Waals surface area contributed by atoms with E-state index in [2.05, 4.69) is 23.2 Å². The van der Waals surface area contributed by atoms with Crippen LogP contribution in [0.4, 0.5) is 4.39 Å². The van der Waals surface area contributed by atoms with Crippen LogP contribution in [0.3, 0.4) is 0 Å². The van der Waals surface area contributed by atoms with Gasteiger partial charge in [0.1, 0.15) is 5.75 Å². The Labute approximate surface area is 151 Å². The third-order valence-electron chi connectivity index (χ3n) is 4.57. The lowest BCUT2D eigenvalue weighted by atomic mass is 10.1. The second kappa shape index (κ2) is 7.12. The molecule has 0 aliphatic heterocycles. The standard InChI is InChI=1S/C21H20FN3O/c1-26-17-8-6-16(7-9-17)18-11-13-25-20-10-5-15(4-2-3-12-22)14-19(20)24-21(25)23-18/h5-11,13-14H,2-4,12H2,1H3. The second-order valence-corrected chi connectivity index (χ2v) is 6.29. The zero-order chi connectivity index (χ0) is 17.9. The summed E-state index contributed by atoms with van der Waals surface area (Å²) in [4.78, 5) is 9.38. The first-order valence-electron chi connectivity index (χ1n) is 8.76. The van der Waals surface area contributed by atoms with Crippen molar-refractivity contribution in [3.8, 4) is 17.0 Å². The maximum Gasteiger partial charge on any atom is 0.235 e. The van der Waals surface area contributed by atoms with Gasteiger partial charge in [0.25, 0.3) is 0 Å². The van der Waals surface area contributed by atoms with E-state index >= 15 is 0 Å². The van der Waals surface area contributed by atoms with Gasteiger partial charge in [-0.1, -0.05) is 6.07 Å². The number of hydrogen-bond acceptors (Lipinski definition) is 3. The highest BCUT2D eigenvalue weighted by Crippen LogP contribution is 2.23. The normalized spacial score (nSPS) is 11.3. The van der Waals surface area contributed by atoms with Crippen molar-refractivity contribution in [3.63, 3.8) is 0 Å². The second-order valence-electron chi connectivity index (χ2n) is 6.29. The summed E-state index contributed by atoms with van der Waals surface area (Å²) >= 11 is 0. The molecule has 4 nitrogen and oxygen atoms in total.